The molecule has 0 saturated heterocycles. The Morgan fingerprint density at radius 3 is 2.26 bits per heavy atom. The van der Waals surface area contributed by atoms with Crippen LogP contribution in [0.1, 0.15) is 81.3 Å². The lowest BCUT2D eigenvalue weighted by Gasteiger charge is -2.31. The first kappa shape index (κ1) is 33.5. The van der Waals surface area contributed by atoms with E-state index >= 15 is 0 Å². The summed E-state index contributed by atoms with van der Waals surface area (Å²) in [4.78, 5) is 35.3. The number of aliphatic hydroxyl groups excluding tert-OH is 1. The van der Waals surface area contributed by atoms with E-state index in [1.54, 1.807) is 44.2 Å². The summed E-state index contributed by atoms with van der Waals surface area (Å²) in [5, 5.41) is 29.3. The van der Waals surface area contributed by atoms with Crippen molar-refractivity contribution < 1.29 is 43.6 Å². The summed E-state index contributed by atoms with van der Waals surface area (Å²) in [6.07, 6.45) is 2.24. The summed E-state index contributed by atoms with van der Waals surface area (Å²) in [5.41, 5.74) is 2.68. The van der Waals surface area contributed by atoms with Crippen LogP contribution in [-0.2, 0) is 20.7 Å². The van der Waals surface area contributed by atoms with Gasteiger partial charge in [-0.2, -0.15) is 0 Å². The highest BCUT2D eigenvalue weighted by Crippen LogP contribution is 2.37. The number of hydrogen-bond donors (Lipinski definition) is 3. The number of carbonyl (C=O) groups excluding carboxylic acids is 1. The average Bonchev–Trinajstić information content (AvgIpc) is 2.93. The number of allylic oxidation sites excluding steroid dienone is 2. The van der Waals surface area contributed by atoms with E-state index in [9.17, 15) is 29.0 Å². The largest absolute Gasteiger partial charge is 0.497 e. The fourth-order valence-electron chi connectivity index (χ4n) is 5.21. The van der Waals surface area contributed by atoms with Crippen LogP contribution in [0.2, 0.25) is 0 Å². The zero-order valence-corrected chi connectivity index (χ0v) is 25.2. The average molecular weight is 597 g/mol. The van der Waals surface area contributed by atoms with Gasteiger partial charge in [0.1, 0.15) is 17.3 Å². The molecule has 0 radical (unpaired) electrons. The number of carbonyl (C=O) groups is 3. The van der Waals surface area contributed by atoms with E-state index in [2.05, 4.69) is 0 Å². The van der Waals surface area contributed by atoms with Crippen LogP contribution in [0.4, 0.5) is 4.39 Å². The van der Waals surface area contributed by atoms with Gasteiger partial charge >= 0.3 is 11.9 Å². The summed E-state index contributed by atoms with van der Waals surface area (Å²) in [6.45, 7) is 7.95. The van der Waals surface area contributed by atoms with E-state index in [0.717, 1.165) is 16.7 Å². The molecule has 0 aromatic heterocycles. The summed E-state index contributed by atoms with van der Waals surface area (Å²) >= 11 is 0. The summed E-state index contributed by atoms with van der Waals surface area (Å²) in [6, 6.07) is 10.9. The summed E-state index contributed by atoms with van der Waals surface area (Å²) in [7, 11) is 0. The lowest BCUT2D eigenvalue weighted by molar-refractivity contribution is -0.139. The SMILES string of the molecule is CCC1=C(OCCCOc2ccc(C(=O)CC(C)(C)CC(=O)O)cc2CCC(=O)O)C(C)C(O)C(c2ccc(F)cc2)=C1. The molecule has 43 heavy (non-hydrogen) atoms. The number of carboxylic acid groups (broad SMARTS) is 2. The zero-order valence-electron chi connectivity index (χ0n) is 25.2. The monoisotopic (exact) mass is 596 g/mol. The van der Waals surface area contributed by atoms with Gasteiger partial charge in [-0.1, -0.05) is 39.8 Å². The van der Waals surface area contributed by atoms with Gasteiger partial charge in [0, 0.05) is 30.7 Å². The van der Waals surface area contributed by atoms with Crippen molar-refractivity contribution in [1.82, 2.24) is 0 Å². The van der Waals surface area contributed by atoms with Crippen LogP contribution in [0.5, 0.6) is 5.75 Å². The molecule has 2 atom stereocenters. The molecule has 0 saturated carbocycles. The number of ether oxygens (including phenoxy) is 2. The first-order valence-corrected chi connectivity index (χ1v) is 14.5. The van der Waals surface area contributed by atoms with Crippen LogP contribution in [0.3, 0.4) is 0 Å². The Hall–Kier alpha value is -3.98. The molecule has 232 valence electrons. The third-order valence-electron chi connectivity index (χ3n) is 7.47. The third-order valence-corrected chi connectivity index (χ3v) is 7.47. The number of aliphatic carboxylic acids is 2. The second kappa shape index (κ2) is 15.0. The lowest BCUT2D eigenvalue weighted by atomic mass is 9.82. The first-order valence-electron chi connectivity index (χ1n) is 14.5. The highest BCUT2D eigenvalue weighted by atomic mass is 19.1. The van der Waals surface area contributed by atoms with Crippen molar-refractivity contribution >= 4 is 23.3 Å². The molecule has 3 N–H and O–H groups in total. The highest BCUT2D eigenvalue weighted by molar-refractivity contribution is 5.97. The number of carboxylic acids is 2. The predicted octanol–water partition coefficient (Wildman–Crippen LogP) is 6.46. The fraction of sp³-hybridized carbons (Fsp3) is 0.441. The number of ketones is 1. The van der Waals surface area contributed by atoms with Gasteiger partial charge < -0.3 is 24.8 Å². The number of aliphatic hydroxyl groups is 1. The predicted molar refractivity (Wildman–Crippen MR) is 160 cm³/mol. The second-order valence-electron chi connectivity index (χ2n) is 11.7. The van der Waals surface area contributed by atoms with Gasteiger partial charge in [0.2, 0.25) is 0 Å². The minimum absolute atomic E-state index is 0.0402. The molecular weight excluding hydrogens is 555 g/mol. The molecule has 1 aliphatic carbocycles. The molecule has 2 aromatic carbocycles. The molecule has 0 fully saturated rings. The molecule has 0 heterocycles. The molecule has 2 unspecified atom stereocenters. The number of aryl methyl sites for hydroxylation is 1. The summed E-state index contributed by atoms with van der Waals surface area (Å²) in [5.74, 6) is -1.62. The van der Waals surface area contributed by atoms with Crippen LogP contribution in [0, 0.1) is 17.2 Å². The van der Waals surface area contributed by atoms with Crippen molar-refractivity contribution in [2.75, 3.05) is 13.2 Å². The Labute approximate surface area is 251 Å². The number of Topliss-reactive ketones (excluding diaryl/α,β-unsaturated/α-hetero) is 1. The van der Waals surface area contributed by atoms with Gasteiger partial charge in [-0.3, -0.25) is 14.4 Å². The van der Waals surface area contributed by atoms with Crippen molar-refractivity contribution in [1.29, 1.82) is 0 Å². The van der Waals surface area contributed by atoms with E-state index in [0.29, 0.717) is 42.1 Å². The van der Waals surface area contributed by atoms with E-state index in [1.165, 1.54) is 12.1 Å². The molecule has 0 aliphatic heterocycles. The van der Waals surface area contributed by atoms with Crippen molar-refractivity contribution in [3.8, 4) is 5.75 Å². The van der Waals surface area contributed by atoms with Crippen molar-refractivity contribution in [3.63, 3.8) is 0 Å². The highest BCUT2D eigenvalue weighted by Gasteiger charge is 2.31. The van der Waals surface area contributed by atoms with Crippen molar-refractivity contribution in [2.45, 2.75) is 72.3 Å². The quantitative estimate of drug-likeness (QED) is 0.149. The Bertz CT molecular complexity index is 1370. The minimum Gasteiger partial charge on any atom is -0.497 e. The third kappa shape index (κ3) is 9.51. The first-order chi connectivity index (χ1) is 20.3. The molecule has 0 spiro atoms. The van der Waals surface area contributed by atoms with E-state index in [1.807, 2.05) is 19.9 Å². The fourth-order valence-corrected chi connectivity index (χ4v) is 5.21. The summed E-state index contributed by atoms with van der Waals surface area (Å²) < 4.78 is 25.5. The molecule has 0 amide bonds. The molecule has 8 nitrogen and oxygen atoms in total. The maximum atomic E-state index is 13.4. The Balaban J connectivity index is 1.65. The normalized spacial score (nSPS) is 16.9. The Kier molecular flexibility index (Phi) is 11.7. The van der Waals surface area contributed by atoms with Crippen LogP contribution >= 0.6 is 0 Å². The van der Waals surface area contributed by atoms with E-state index in [4.69, 9.17) is 14.6 Å². The van der Waals surface area contributed by atoms with Crippen LogP contribution in [0.25, 0.3) is 5.57 Å². The van der Waals surface area contributed by atoms with Gasteiger partial charge in [-0.15, -0.1) is 0 Å². The minimum atomic E-state index is -0.977. The maximum absolute atomic E-state index is 13.4. The molecule has 1 aliphatic rings. The van der Waals surface area contributed by atoms with Gasteiger partial charge in [0.25, 0.3) is 0 Å². The van der Waals surface area contributed by atoms with Gasteiger partial charge in [0.15, 0.2) is 5.78 Å². The molecule has 0 bridgehead atoms. The van der Waals surface area contributed by atoms with Gasteiger partial charge in [-0.05, 0) is 76.9 Å². The van der Waals surface area contributed by atoms with E-state index in [-0.39, 0.29) is 49.8 Å². The smallest absolute Gasteiger partial charge is 0.303 e. The van der Waals surface area contributed by atoms with Crippen LogP contribution in [-0.4, -0.2) is 52.4 Å². The lowest BCUT2D eigenvalue weighted by Crippen LogP contribution is -2.27. The van der Waals surface area contributed by atoms with Gasteiger partial charge in [0.05, 0.1) is 25.7 Å². The van der Waals surface area contributed by atoms with Crippen LogP contribution in [0.15, 0.2) is 59.9 Å². The second-order valence-corrected chi connectivity index (χ2v) is 11.7. The number of benzene rings is 2. The number of rotatable bonds is 16. The van der Waals surface area contributed by atoms with Crippen molar-refractivity contribution in [2.24, 2.45) is 11.3 Å². The molecule has 3 rings (SSSR count). The topological polar surface area (TPSA) is 130 Å². The van der Waals surface area contributed by atoms with E-state index < -0.39 is 23.5 Å². The zero-order chi connectivity index (χ0) is 31.7. The number of halogens is 1. The molecule has 2 aromatic rings. The molecular formula is C34H41FO8. The maximum Gasteiger partial charge on any atom is 0.303 e. The standard InChI is InChI=1S/C34H41FO8/c1-5-22-18-27(23-7-11-26(35)12-8-23)32(41)21(2)33(22)43-16-6-15-42-29-13-9-24(17-25(29)10-14-30(37)38)28(36)19-34(3,4)20-31(39)40/h7-9,11-13,17-18,21,32,41H,5-6,10,14-16,19-20H2,1-4H3,(H,37,38)(H,39,40). The van der Waals surface area contributed by atoms with Crippen molar-refractivity contribution in [3.05, 3.63) is 82.4 Å². The molecule has 9 heteroatoms. The Morgan fingerprint density at radius 1 is 0.953 bits per heavy atom. The van der Waals surface area contributed by atoms with Gasteiger partial charge in [-0.25, -0.2) is 4.39 Å². The number of hydrogen-bond acceptors (Lipinski definition) is 6. The Morgan fingerprint density at radius 2 is 1.63 bits per heavy atom. The van der Waals surface area contributed by atoms with Crippen LogP contribution < -0.4 is 4.74 Å².